The number of carbonyl (C=O) groups excluding carboxylic acids is 1. The van der Waals surface area contributed by atoms with E-state index in [1.54, 1.807) is 6.92 Å². The molecule has 0 spiro atoms. The van der Waals surface area contributed by atoms with Gasteiger partial charge in [-0.15, -0.1) is 0 Å². The molecular formula is C14H18F3NO3. The number of carbonyl (C=O) groups is 1. The van der Waals surface area contributed by atoms with Crippen LogP contribution in [0.25, 0.3) is 0 Å². The maximum Gasteiger partial charge on any atom is 0.417 e. The van der Waals surface area contributed by atoms with Crippen molar-refractivity contribution in [2.24, 2.45) is 5.92 Å². The fourth-order valence-electron chi connectivity index (χ4n) is 1.74. The quantitative estimate of drug-likeness (QED) is 0.786. The fourth-order valence-corrected chi connectivity index (χ4v) is 1.74. The molecule has 0 fully saturated rings. The lowest BCUT2D eigenvalue weighted by molar-refractivity contribution is -0.149. The Morgan fingerprint density at radius 2 is 1.95 bits per heavy atom. The zero-order valence-electron chi connectivity index (χ0n) is 12.1. The van der Waals surface area contributed by atoms with Crippen LogP contribution in [-0.2, 0) is 15.7 Å². The number of hydrogen-bond acceptors (Lipinski definition) is 3. The van der Waals surface area contributed by atoms with Crippen LogP contribution in [0.2, 0.25) is 0 Å². The van der Waals surface area contributed by atoms with E-state index in [9.17, 15) is 22.8 Å². The largest absolute Gasteiger partial charge is 0.464 e. The van der Waals surface area contributed by atoms with Gasteiger partial charge in [-0.25, -0.2) is 4.79 Å². The maximum atomic E-state index is 12.7. The lowest BCUT2D eigenvalue weighted by Gasteiger charge is -2.19. The summed E-state index contributed by atoms with van der Waals surface area (Å²) in [4.78, 5) is 23.7. The highest BCUT2D eigenvalue weighted by atomic mass is 19.4. The third-order valence-electron chi connectivity index (χ3n) is 2.82. The summed E-state index contributed by atoms with van der Waals surface area (Å²) in [6.45, 7) is 5.44. The highest BCUT2D eigenvalue weighted by Crippen LogP contribution is 2.28. The summed E-state index contributed by atoms with van der Waals surface area (Å²) in [6, 6.07) is 0.449. The van der Waals surface area contributed by atoms with Crippen molar-refractivity contribution >= 4 is 5.97 Å². The molecule has 4 nitrogen and oxygen atoms in total. The topological polar surface area (TPSA) is 48.3 Å². The first-order valence-corrected chi connectivity index (χ1v) is 6.62. The first-order valence-electron chi connectivity index (χ1n) is 6.62. The summed E-state index contributed by atoms with van der Waals surface area (Å²) < 4.78 is 43.9. The van der Waals surface area contributed by atoms with Crippen molar-refractivity contribution in [3.8, 4) is 0 Å². The van der Waals surface area contributed by atoms with Gasteiger partial charge in [0.25, 0.3) is 5.56 Å². The second kappa shape index (κ2) is 6.78. The molecule has 0 amide bonds. The minimum Gasteiger partial charge on any atom is -0.464 e. The molecule has 0 N–H and O–H groups in total. The van der Waals surface area contributed by atoms with Gasteiger partial charge < -0.3 is 9.30 Å². The van der Waals surface area contributed by atoms with Crippen molar-refractivity contribution in [1.82, 2.24) is 4.57 Å². The normalized spacial score (nSPS) is 13.3. The predicted molar refractivity (Wildman–Crippen MR) is 70.8 cm³/mol. The Morgan fingerprint density at radius 3 is 2.43 bits per heavy atom. The van der Waals surface area contributed by atoms with E-state index in [1.165, 1.54) is 0 Å². The first kappa shape index (κ1) is 17.3. The molecule has 1 aromatic heterocycles. The highest BCUT2D eigenvalue weighted by Gasteiger charge is 2.32. The molecule has 0 bridgehead atoms. The first-order chi connectivity index (χ1) is 9.66. The Balaban J connectivity index is 3.10. The summed E-state index contributed by atoms with van der Waals surface area (Å²) in [5.41, 5.74) is -1.64. The molecule has 0 aliphatic heterocycles. The third kappa shape index (κ3) is 4.61. The van der Waals surface area contributed by atoms with E-state index in [0.29, 0.717) is 12.3 Å². The predicted octanol–water partition coefficient (Wildman–Crippen LogP) is 3.02. The van der Waals surface area contributed by atoms with Gasteiger partial charge in [-0.2, -0.15) is 13.2 Å². The van der Waals surface area contributed by atoms with E-state index in [0.717, 1.165) is 10.6 Å². The number of alkyl halides is 3. The average Bonchev–Trinajstić information content (AvgIpc) is 2.38. The van der Waals surface area contributed by atoms with Crippen molar-refractivity contribution in [3.05, 3.63) is 34.2 Å². The monoisotopic (exact) mass is 305 g/mol. The Hall–Kier alpha value is -1.79. The van der Waals surface area contributed by atoms with Crippen molar-refractivity contribution in [1.29, 1.82) is 0 Å². The van der Waals surface area contributed by atoms with Crippen LogP contribution in [0.5, 0.6) is 0 Å². The number of ether oxygens (including phenoxy) is 1. The Morgan fingerprint density at radius 1 is 1.33 bits per heavy atom. The Bertz CT molecular complexity index is 549. The van der Waals surface area contributed by atoms with Gasteiger partial charge in [-0.05, 0) is 18.4 Å². The van der Waals surface area contributed by atoms with E-state index in [-0.39, 0.29) is 18.9 Å². The molecule has 0 aromatic carbocycles. The molecular weight excluding hydrogens is 287 g/mol. The van der Waals surface area contributed by atoms with Crippen LogP contribution in [0, 0.1) is 5.92 Å². The summed E-state index contributed by atoms with van der Waals surface area (Å²) in [5.74, 6) is -0.600. The van der Waals surface area contributed by atoms with Gasteiger partial charge >= 0.3 is 12.1 Å². The fraction of sp³-hybridized carbons (Fsp3) is 0.571. The van der Waals surface area contributed by atoms with E-state index in [4.69, 9.17) is 4.74 Å². The van der Waals surface area contributed by atoms with Gasteiger partial charge in [0.15, 0.2) is 0 Å². The number of nitrogens with zero attached hydrogens (tertiary/aromatic N) is 1. The van der Waals surface area contributed by atoms with E-state index < -0.39 is 29.3 Å². The van der Waals surface area contributed by atoms with Crippen LogP contribution in [0.3, 0.4) is 0 Å². The van der Waals surface area contributed by atoms with Gasteiger partial charge in [0.2, 0.25) is 0 Å². The minimum atomic E-state index is -4.57. The molecule has 1 heterocycles. The average molecular weight is 305 g/mol. The molecule has 118 valence electrons. The number of hydrogen-bond donors (Lipinski definition) is 0. The zero-order valence-corrected chi connectivity index (χ0v) is 12.1. The molecule has 1 rings (SSSR count). The lowest BCUT2D eigenvalue weighted by Crippen LogP contribution is -2.31. The van der Waals surface area contributed by atoms with Gasteiger partial charge in [0.1, 0.15) is 6.04 Å². The van der Waals surface area contributed by atoms with Gasteiger partial charge in [-0.1, -0.05) is 20.8 Å². The van der Waals surface area contributed by atoms with Crippen molar-refractivity contribution in [2.45, 2.75) is 39.4 Å². The summed E-state index contributed by atoms with van der Waals surface area (Å²) >= 11 is 0. The molecule has 0 saturated carbocycles. The van der Waals surface area contributed by atoms with Crippen molar-refractivity contribution in [3.63, 3.8) is 0 Å². The molecule has 21 heavy (non-hydrogen) atoms. The number of aromatic nitrogens is 1. The smallest absolute Gasteiger partial charge is 0.417 e. The second-order valence-electron chi connectivity index (χ2n) is 5.11. The SMILES string of the molecule is CCC(C(=O)OCC(C)C)n1cc(C(F)(F)F)ccc1=O. The molecule has 7 heteroatoms. The van der Waals surface area contributed by atoms with Crippen LogP contribution in [-0.4, -0.2) is 17.1 Å². The second-order valence-corrected chi connectivity index (χ2v) is 5.11. The zero-order chi connectivity index (χ0) is 16.2. The van der Waals surface area contributed by atoms with Crippen LogP contribution in [0.1, 0.15) is 38.8 Å². The number of esters is 1. The summed E-state index contributed by atoms with van der Waals surface area (Å²) in [5, 5.41) is 0. The summed E-state index contributed by atoms with van der Waals surface area (Å²) in [6.07, 6.45) is -3.75. The van der Waals surface area contributed by atoms with E-state index in [2.05, 4.69) is 0 Å². The number of rotatable bonds is 5. The van der Waals surface area contributed by atoms with Crippen LogP contribution < -0.4 is 5.56 Å². The minimum absolute atomic E-state index is 0.102. The molecule has 0 saturated heterocycles. The van der Waals surface area contributed by atoms with Crippen LogP contribution >= 0.6 is 0 Å². The standard InChI is InChI=1S/C14H18F3NO3/c1-4-11(13(20)21-8-9(2)3)18-7-10(14(15,16)17)5-6-12(18)19/h5-7,9,11H,4,8H2,1-3H3. The molecule has 0 radical (unpaired) electrons. The molecule has 1 aromatic rings. The van der Waals surface area contributed by atoms with Gasteiger partial charge in [-0.3, -0.25) is 4.79 Å². The summed E-state index contributed by atoms with van der Waals surface area (Å²) in [7, 11) is 0. The van der Waals surface area contributed by atoms with Gasteiger partial charge in [0.05, 0.1) is 12.2 Å². The van der Waals surface area contributed by atoms with Crippen LogP contribution in [0.4, 0.5) is 13.2 Å². The van der Waals surface area contributed by atoms with E-state index in [1.807, 2.05) is 13.8 Å². The highest BCUT2D eigenvalue weighted by molar-refractivity contribution is 5.74. The lowest BCUT2D eigenvalue weighted by atomic mass is 10.2. The molecule has 1 atom stereocenters. The van der Waals surface area contributed by atoms with Crippen molar-refractivity contribution in [2.75, 3.05) is 6.61 Å². The van der Waals surface area contributed by atoms with Gasteiger partial charge in [0, 0.05) is 12.3 Å². The molecule has 0 aliphatic carbocycles. The van der Waals surface area contributed by atoms with E-state index >= 15 is 0 Å². The molecule has 0 aliphatic rings. The number of pyridine rings is 1. The Kier molecular flexibility index (Phi) is 5.57. The van der Waals surface area contributed by atoms with Crippen molar-refractivity contribution < 1.29 is 22.7 Å². The van der Waals surface area contributed by atoms with Crippen LogP contribution in [0.15, 0.2) is 23.1 Å². The Labute approximate surface area is 120 Å². The number of halogens is 3. The molecule has 1 unspecified atom stereocenters. The third-order valence-corrected chi connectivity index (χ3v) is 2.82. The maximum absolute atomic E-state index is 12.7.